The summed E-state index contributed by atoms with van der Waals surface area (Å²) in [6.45, 7) is 7.14. The molecule has 0 radical (unpaired) electrons. The van der Waals surface area contributed by atoms with E-state index >= 15 is 0 Å². The molecule has 1 fully saturated rings. The first-order valence-electron chi connectivity index (χ1n) is 4.49. The van der Waals surface area contributed by atoms with E-state index in [2.05, 4.69) is 19.2 Å². The Morgan fingerprint density at radius 3 is 2.80 bits per heavy atom. The second-order valence-electron chi connectivity index (χ2n) is 3.83. The third kappa shape index (κ3) is 2.70. The summed E-state index contributed by atoms with van der Waals surface area (Å²) in [5, 5.41) is 3.40. The molecule has 0 spiro atoms. The van der Waals surface area contributed by atoms with E-state index in [0.717, 1.165) is 11.8 Å². The van der Waals surface area contributed by atoms with Crippen molar-refractivity contribution < 1.29 is 0 Å². The second-order valence-corrected chi connectivity index (χ2v) is 3.83. The van der Waals surface area contributed by atoms with Gasteiger partial charge in [-0.2, -0.15) is 0 Å². The van der Waals surface area contributed by atoms with Gasteiger partial charge in [-0.1, -0.05) is 20.3 Å². The van der Waals surface area contributed by atoms with Crippen LogP contribution in [0.3, 0.4) is 0 Å². The Labute approximate surface area is 64.2 Å². The summed E-state index contributed by atoms with van der Waals surface area (Å²) in [7, 11) is 0. The maximum Gasteiger partial charge on any atom is -0.00200 e. The third-order valence-electron chi connectivity index (χ3n) is 2.31. The first-order valence-corrected chi connectivity index (χ1v) is 4.49. The van der Waals surface area contributed by atoms with Crippen molar-refractivity contribution in [3.8, 4) is 0 Å². The van der Waals surface area contributed by atoms with Crippen molar-refractivity contribution >= 4 is 0 Å². The SMILES string of the molecule is CC(C)CC[C@@H]1CCNC1. The van der Waals surface area contributed by atoms with Crippen LogP contribution in [0.25, 0.3) is 0 Å². The molecule has 0 aliphatic carbocycles. The van der Waals surface area contributed by atoms with E-state index in [-0.39, 0.29) is 0 Å². The zero-order valence-corrected chi connectivity index (χ0v) is 7.19. The lowest BCUT2D eigenvalue weighted by Gasteiger charge is -2.09. The van der Waals surface area contributed by atoms with Crippen LogP contribution >= 0.6 is 0 Å². The van der Waals surface area contributed by atoms with Gasteiger partial charge in [0, 0.05) is 0 Å². The Morgan fingerprint density at radius 1 is 1.50 bits per heavy atom. The Hall–Kier alpha value is -0.0400. The number of hydrogen-bond donors (Lipinski definition) is 1. The molecular weight excluding hydrogens is 122 g/mol. The van der Waals surface area contributed by atoms with Gasteiger partial charge < -0.3 is 5.32 Å². The molecule has 1 nitrogen and oxygen atoms in total. The summed E-state index contributed by atoms with van der Waals surface area (Å²) >= 11 is 0. The molecule has 0 bridgehead atoms. The highest BCUT2D eigenvalue weighted by Gasteiger charge is 2.13. The summed E-state index contributed by atoms with van der Waals surface area (Å²) in [4.78, 5) is 0. The Kier molecular flexibility index (Phi) is 3.20. The van der Waals surface area contributed by atoms with Crippen LogP contribution in [0.2, 0.25) is 0 Å². The second kappa shape index (κ2) is 3.97. The van der Waals surface area contributed by atoms with E-state index in [4.69, 9.17) is 0 Å². The van der Waals surface area contributed by atoms with Crippen LogP contribution in [0.5, 0.6) is 0 Å². The highest BCUT2D eigenvalue weighted by molar-refractivity contribution is 4.71. The minimum absolute atomic E-state index is 0.889. The maximum atomic E-state index is 3.40. The van der Waals surface area contributed by atoms with Crippen LogP contribution in [0, 0.1) is 11.8 Å². The quantitative estimate of drug-likeness (QED) is 0.634. The Balaban J connectivity index is 2.01. The molecule has 0 aromatic carbocycles. The maximum absolute atomic E-state index is 3.40. The van der Waals surface area contributed by atoms with Gasteiger partial charge in [-0.25, -0.2) is 0 Å². The number of rotatable bonds is 3. The topological polar surface area (TPSA) is 12.0 Å². The van der Waals surface area contributed by atoms with Gasteiger partial charge in [0.15, 0.2) is 0 Å². The molecule has 0 aromatic heterocycles. The van der Waals surface area contributed by atoms with Gasteiger partial charge in [0.2, 0.25) is 0 Å². The van der Waals surface area contributed by atoms with Crippen LogP contribution in [0.15, 0.2) is 0 Å². The average Bonchev–Trinajstić information content (AvgIpc) is 2.34. The smallest absolute Gasteiger partial charge is 0.00200 e. The summed E-state index contributed by atoms with van der Waals surface area (Å²) in [6, 6.07) is 0. The lowest BCUT2D eigenvalue weighted by molar-refractivity contribution is 0.450. The Morgan fingerprint density at radius 2 is 2.30 bits per heavy atom. The average molecular weight is 141 g/mol. The van der Waals surface area contributed by atoms with E-state index in [0.29, 0.717) is 0 Å². The van der Waals surface area contributed by atoms with E-state index in [1.807, 2.05) is 0 Å². The molecule has 0 unspecified atom stereocenters. The van der Waals surface area contributed by atoms with Crippen LogP contribution < -0.4 is 5.32 Å². The molecular formula is C9H19N. The standard InChI is InChI=1S/C9H19N/c1-8(2)3-4-9-5-6-10-7-9/h8-10H,3-7H2,1-2H3/t9-/m1/s1. The minimum Gasteiger partial charge on any atom is -0.316 e. The fraction of sp³-hybridized carbons (Fsp3) is 1.00. The molecule has 0 amide bonds. The van der Waals surface area contributed by atoms with E-state index < -0.39 is 0 Å². The normalized spacial score (nSPS) is 26.1. The van der Waals surface area contributed by atoms with E-state index in [1.165, 1.54) is 32.4 Å². The predicted molar refractivity (Wildman–Crippen MR) is 45.0 cm³/mol. The highest BCUT2D eigenvalue weighted by atomic mass is 14.9. The largest absolute Gasteiger partial charge is 0.316 e. The molecule has 1 N–H and O–H groups in total. The van der Waals surface area contributed by atoms with Crippen LogP contribution in [-0.2, 0) is 0 Å². The molecule has 10 heavy (non-hydrogen) atoms. The molecule has 1 saturated heterocycles. The van der Waals surface area contributed by atoms with Gasteiger partial charge in [-0.3, -0.25) is 0 Å². The lowest BCUT2D eigenvalue weighted by atomic mass is 9.97. The molecule has 1 heterocycles. The molecule has 0 saturated carbocycles. The van der Waals surface area contributed by atoms with Crippen molar-refractivity contribution in [2.45, 2.75) is 33.1 Å². The van der Waals surface area contributed by atoms with Crippen LogP contribution in [0.1, 0.15) is 33.1 Å². The monoisotopic (exact) mass is 141 g/mol. The summed E-state index contributed by atoms with van der Waals surface area (Å²) in [6.07, 6.45) is 4.25. The van der Waals surface area contributed by atoms with Crippen molar-refractivity contribution in [2.24, 2.45) is 11.8 Å². The van der Waals surface area contributed by atoms with Gasteiger partial charge in [-0.05, 0) is 37.8 Å². The number of hydrogen-bond acceptors (Lipinski definition) is 1. The van der Waals surface area contributed by atoms with Gasteiger partial charge in [0.05, 0.1) is 0 Å². The van der Waals surface area contributed by atoms with E-state index in [1.54, 1.807) is 0 Å². The molecule has 1 atom stereocenters. The molecule has 1 heteroatoms. The van der Waals surface area contributed by atoms with Crippen LogP contribution in [0.4, 0.5) is 0 Å². The van der Waals surface area contributed by atoms with Crippen LogP contribution in [-0.4, -0.2) is 13.1 Å². The molecule has 60 valence electrons. The van der Waals surface area contributed by atoms with Gasteiger partial charge >= 0.3 is 0 Å². The van der Waals surface area contributed by atoms with Gasteiger partial charge in [0.25, 0.3) is 0 Å². The Bertz CT molecular complexity index is 82.7. The van der Waals surface area contributed by atoms with Crippen molar-refractivity contribution in [1.29, 1.82) is 0 Å². The number of nitrogens with one attached hydrogen (secondary N) is 1. The van der Waals surface area contributed by atoms with Crippen molar-refractivity contribution in [2.75, 3.05) is 13.1 Å². The summed E-state index contributed by atoms with van der Waals surface area (Å²) in [5.74, 6) is 1.88. The minimum atomic E-state index is 0.889. The van der Waals surface area contributed by atoms with Crippen molar-refractivity contribution in [3.63, 3.8) is 0 Å². The molecule has 1 rings (SSSR count). The highest BCUT2D eigenvalue weighted by Crippen LogP contribution is 2.17. The fourth-order valence-electron chi connectivity index (χ4n) is 1.53. The zero-order valence-electron chi connectivity index (χ0n) is 7.19. The third-order valence-corrected chi connectivity index (χ3v) is 2.31. The molecule has 1 aliphatic heterocycles. The fourth-order valence-corrected chi connectivity index (χ4v) is 1.53. The summed E-state index contributed by atoms with van der Waals surface area (Å²) in [5.41, 5.74) is 0. The predicted octanol–water partition coefficient (Wildman–Crippen LogP) is 2.03. The zero-order chi connectivity index (χ0) is 7.40. The van der Waals surface area contributed by atoms with Gasteiger partial charge in [-0.15, -0.1) is 0 Å². The first kappa shape index (κ1) is 8.06. The molecule has 0 aromatic rings. The molecule has 1 aliphatic rings. The van der Waals surface area contributed by atoms with Crippen molar-refractivity contribution in [1.82, 2.24) is 5.32 Å². The first-order chi connectivity index (χ1) is 4.79. The lowest BCUT2D eigenvalue weighted by Crippen LogP contribution is -2.09. The van der Waals surface area contributed by atoms with Gasteiger partial charge in [0.1, 0.15) is 0 Å². The summed E-state index contributed by atoms with van der Waals surface area (Å²) < 4.78 is 0. The van der Waals surface area contributed by atoms with E-state index in [9.17, 15) is 0 Å². The van der Waals surface area contributed by atoms with Crippen molar-refractivity contribution in [3.05, 3.63) is 0 Å².